The molecule has 0 amide bonds. The molecule has 0 saturated heterocycles. The van der Waals surface area contributed by atoms with Crippen LogP contribution < -0.4 is 11.1 Å². The Morgan fingerprint density at radius 1 is 1.71 bits per heavy atom. The summed E-state index contributed by atoms with van der Waals surface area (Å²) in [6.45, 7) is 3.74. The molecule has 6 nitrogen and oxygen atoms in total. The lowest BCUT2D eigenvalue weighted by molar-refractivity contribution is -0.143. The van der Waals surface area contributed by atoms with Crippen LogP contribution in [0.25, 0.3) is 0 Å². The molecule has 3 N–H and O–H groups in total. The first-order valence-corrected chi connectivity index (χ1v) is 5.51. The molecule has 0 radical (unpaired) electrons. The molecular formula is C10H14N4O2S. The van der Waals surface area contributed by atoms with Crippen molar-refractivity contribution >= 4 is 29.1 Å². The number of nitrogens with two attached hydrogens (primary N) is 1. The molecule has 0 aliphatic heterocycles. The first-order chi connectivity index (χ1) is 8.04. The second-order valence-corrected chi connectivity index (χ2v) is 3.69. The molecule has 0 spiro atoms. The van der Waals surface area contributed by atoms with Gasteiger partial charge in [-0.2, -0.15) is 0 Å². The average Bonchev–Trinajstić information content (AvgIpc) is 2.29. The fraction of sp³-hybridized carbons (Fsp3) is 0.400. The number of aromatic nitrogens is 2. The molecule has 0 bridgehead atoms. The van der Waals surface area contributed by atoms with Gasteiger partial charge >= 0.3 is 5.97 Å². The highest BCUT2D eigenvalue weighted by atomic mass is 32.1. The van der Waals surface area contributed by atoms with Crippen LogP contribution in [0.15, 0.2) is 12.3 Å². The first kappa shape index (κ1) is 13.3. The summed E-state index contributed by atoms with van der Waals surface area (Å²) in [7, 11) is 0. The highest BCUT2D eigenvalue weighted by Crippen LogP contribution is 2.03. The third-order valence-electron chi connectivity index (χ3n) is 1.89. The van der Waals surface area contributed by atoms with Crippen molar-refractivity contribution in [3.8, 4) is 0 Å². The largest absolute Gasteiger partial charge is 0.464 e. The number of hydrogen-bond donors (Lipinski definition) is 2. The predicted octanol–water partition coefficient (Wildman–Crippen LogP) is 0.474. The molecule has 1 rings (SSSR count). The van der Waals surface area contributed by atoms with E-state index >= 15 is 0 Å². The van der Waals surface area contributed by atoms with Gasteiger partial charge in [0.25, 0.3) is 0 Å². The average molecular weight is 254 g/mol. The Bertz CT molecular complexity index is 425. The number of carbonyl (C=O) groups is 1. The second kappa shape index (κ2) is 6.09. The van der Waals surface area contributed by atoms with Crippen LogP contribution in [-0.2, 0) is 9.53 Å². The number of rotatable bonds is 5. The molecule has 0 aliphatic carbocycles. The molecule has 92 valence electrons. The molecule has 1 heterocycles. The van der Waals surface area contributed by atoms with Gasteiger partial charge in [-0.15, -0.1) is 0 Å². The van der Waals surface area contributed by atoms with Crippen molar-refractivity contribution in [3.63, 3.8) is 0 Å². The fourth-order valence-electron chi connectivity index (χ4n) is 1.09. The van der Waals surface area contributed by atoms with Crippen LogP contribution in [0.3, 0.4) is 0 Å². The Morgan fingerprint density at radius 2 is 2.41 bits per heavy atom. The summed E-state index contributed by atoms with van der Waals surface area (Å²) >= 11 is 4.80. The maximum absolute atomic E-state index is 11.4. The molecule has 1 aromatic rings. The smallest absolute Gasteiger partial charge is 0.328 e. The quantitative estimate of drug-likeness (QED) is 0.583. The van der Waals surface area contributed by atoms with Gasteiger partial charge in [-0.1, -0.05) is 12.2 Å². The number of anilines is 1. The number of nitrogens with zero attached hydrogens (tertiary/aromatic N) is 2. The molecule has 0 fully saturated rings. The molecular weight excluding hydrogens is 240 g/mol. The summed E-state index contributed by atoms with van der Waals surface area (Å²) in [5.41, 5.74) is 5.90. The van der Waals surface area contributed by atoms with E-state index in [4.69, 9.17) is 22.7 Å². The summed E-state index contributed by atoms with van der Waals surface area (Å²) in [5.74, 6) is -0.0762. The number of nitrogens with one attached hydrogen (secondary N) is 1. The van der Waals surface area contributed by atoms with Crippen LogP contribution in [0.2, 0.25) is 0 Å². The van der Waals surface area contributed by atoms with Gasteiger partial charge in [0.15, 0.2) is 0 Å². The van der Waals surface area contributed by atoms with Gasteiger partial charge in [0.05, 0.1) is 6.61 Å². The first-order valence-electron chi connectivity index (χ1n) is 5.10. The number of hydrogen-bond acceptors (Lipinski definition) is 6. The van der Waals surface area contributed by atoms with E-state index in [0.29, 0.717) is 12.3 Å². The predicted molar refractivity (Wildman–Crippen MR) is 67.6 cm³/mol. The van der Waals surface area contributed by atoms with E-state index in [0.717, 1.165) is 0 Å². The zero-order valence-corrected chi connectivity index (χ0v) is 10.5. The SMILES string of the molecule is CCOC(=O)C(C)Nc1nccc(C(N)=S)n1. The summed E-state index contributed by atoms with van der Waals surface area (Å²) in [4.78, 5) is 19.6. The lowest BCUT2D eigenvalue weighted by Gasteiger charge is -2.12. The van der Waals surface area contributed by atoms with Crippen molar-refractivity contribution in [2.24, 2.45) is 5.73 Å². The van der Waals surface area contributed by atoms with Gasteiger partial charge in [0, 0.05) is 6.20 Å². The normalized spacial score (nSPS) is 11.6. The van der Waals surface area contributed by atoms with Crippen LogP contribution in [-0.4, -0.2) is 33.6 Å². The minimum Gasteiger partial charge on any atom is -0.464 e. The third-order valence-corrected chi connectivity index (χ3v) is 2.10. The Kier molecular flexibility index (Phi) is 4.77. The second-order valence-electron chi connectivity index (χ2n) is 3.25. The summed E-state index contributed by atoms with van der Waals surface area (Å²) < 4.78 is 4.85. The summed E-state index contributed by atoms with van der Waals surface area (Å²) in [6, 6.07) is 1.07. The van der Waals surface area contributed by atoms with Crippen LogP contribution >= 0.6 is 12.2 Å². The van der Waals surface area contributed by atoms with E-state index in [9.17, 15) is 4.79 Å². The van der Waals surface area contributed by atoms with Crippen molar-refractivity contribution in [2.75, 3.05) is 11.9 Å². The van der Waals surface area contributed by atoms with E-state index in [-0.39, 0.29) is 16.9 Å². The molecule has 0 aromatic carbocycles. The lowest BCUT2D eigenvalue weighted by atomic mass is 10.3. The molecule has 1 unspecified atom stereocenters. The molecule has 1 atom stereocenters. The molecule has 7 heteroatoms. The number of carbonyl (C=O) groups excluding carboxylic acids is 1. The zero-order valence-electron chi connectivity index (χ0n) is 9.64. The van der Waals surface area contributed by atoms with Crippen molar-refractivity contribution in [1.29, 1.82) is 0 Å². The van der Waals surface area contributed by atoms with Crippen molar-refractivity contribution < 1.29 is 9.53 Å². The highest BCUT2D eigenvalue weighted by Gasteiger charge is 2.14. The van der Waals surface area contributed by atoms with Gasteiger partial charge in [-0.25, -0.2) is 14.8 Å². The Morgan fingerprint density at radius 3 is 3.00 bits per heavy atom. The maximum Gasteiger partial charge on any atom is 0.328 e. The van der Waals surface area contributed by atoms with Crippen LogP contribution in [0.4, 0.5) is 5.95 Å². The monoisotopic (exact) mass is 254 g/mol. The van der Waals surface area contributed by atoms with Crippen LogP contribution in [0.5, 0.6) is 0 Å². The highest BCUT2D eigenvalue weighted by molar-refractivity contribution is 7.80. The van der Waals surface area contributed by atoms with E-state index in [1.165, 1.54) is 6.20 Å². The van der Waals surface area contributed by atoms with Crippen LogP contribution in [0.1, 0.15) is 19.5 Å². The Balaban J connectivity index is 2.71. The molecule has 0 saturated carbocycles. The standard InChI is InChI=1S/C10H14N4O2S/c1-3-16-9(15)6(2)13-10-12-5-4-7(14-10)8(11)17/h4-6H,3H2,1-2H3,(H2,11,17)(H,12,13,14). The number of thiocarbonyl (C=S) groups is 1. The number of ether oxygens (including phenoxy) is 1. The summed E-state index contributed by atoms with van der Waals surface area (Å²) in [6.07, 6.45) is 1.52. The van der Waals surface area contributed by atoms with Gasteiger partial charge in [0.2, 0.25) is 5.95 Å². The third kappa shape index (κ3) is 3.95. The fourth-order valence-corrected chi connectivity index (χ4v) is 1.20. The molecule has 0 aliphatic rings. The Hall–Kier alpha value is -1.76. The zero-order chi connectivity index (χ0) is 12.8. The summed E-state index contributed by atoms with van der Waals surface area (Å²) in [5, 5.41) is 2.81. The maximum atomic E-state index is 11.4. The van der Waals surface area contributed by atoms with E-state index in [2.05, 4.69) is 15.3 Å². The van der Waals surface area contributed by atoms with Gasteiger partial charge in [0.1, 0.15) is 16.7 Å². The van der Waals surface area contributed by atoms with Gasteiger partial charge < -0.3 is 15.8 Å². The topological polar surface area (TPSA) is 90.1 Å². The van der Waals surface area contributed by atoms with E-state index in [1.54, 1.807) is 19.9 Å². The van der Waals surface area contributed by atoms with Crippen molar-refractivity contribution in [3.05, 3.63) is 18.0 Å². The molecule has 1 aromatic heterocycles. The van der Waals surface area contributed by atoms with E-state index < -0.39 is 6.04 Å². The van der Waals surface area contributed by atoms with Gasteiger partial charge in [-0.05, 0) is 19.9 Å². The Labute approximate surface area is 105 Å². The lowest BCUT2D eigenvalue weighted by Crippen LogP contribution is -2.29. The molecule has 17 heavy (non-hydrogen) atoms. The number of esters is 1. The van der Waals surface area contributed by atoms with Crippen molar-refractivity contribution in [2.45, 2.75) is 19.9 Å². The van der Waals surface area contributed by atoms with Gasteiger partial charge in [-0.3, -0.25) is 0 Å². The minimum absolute atomic E-state index is 0.180. The van der Waals surface area contributed by atoms with Crippen molar-refractivity contribution in [1.82, 2.24) is 9.97 Å². The van der Waals surface area contributed by atoms with Crippen LogP contribution in [0, 0.1) is 0 Å². The van der Waals surface area contributed by atoms with E-state index in [1.807, 2.05) is 0 Å². The minimum atomic E-state index is -0.531.